The van der Waals surface area contributed by atoms with Crippen molar-refractivity contribution in [2.24, 2.45) is 0 Å². The molecule has 1 N–H and O–H groups in total. The second kappa shape index (κ2) is 6.41. The molecule has 0 saturated heterocycles. The van der Waals surface area contributed by atoms with Crippen molar-refractivity contribution in [2.45, 2.75) is 70.5 Å². The molecule has 1 fully saturated rings. The van der Waals surface area contributed by atoms with Crippen molar-refractivity contribution in [1.82, 2.24) is 0 Å². The summed E-state index contributed by atoms with van der Waals surface area (Å²) in [5, 5.41) is 10.3. The van der Waals surface area contributed by atoms with Gasteiger partial charge in [-0.1, -0.05) is 24.8 Å². The van der Waals surface area contributed by atoms with E-state index in [-0.39, 0.29) is 11.7 Å². The maximum atomic E-state index is 10.3. The Hall–Kier alpha value is -0.340. The second-order valence-corrected chi connectivity index (χ2v) is 5.07. The number of hydrogen-bond donors (Lipinski definition) is 1. The Morgan fingerprint density at radius 3 is 2.50 bits per heavy atom. The molecule has 16 heavy (non-hydrogen) atoms. The van der Waals surface area contributed by atoms with Crippen LogP contribution in [0.3, 0.4) is 0 Å². The van der Waals surface area contributed by atoms with Crippen LogP contribution in [0.4, 0.5) is 0 Å². The number of ether oxygens (including phenoxy) is 1. The van der Waals surface area contributed by atoms with Crippen LogP contribution in [0.1, 0.15) is 58.8 Å². The Kier molecular flexibility index (Phi) is 5.50. The molecule has 0 heterocycles. The van der Waals surface area contributed by atoms with Crippen LogP contribution in [-0.2, 0) is 4.74 Å². The van der Waals surface area contributed by atoms with Gasteiger partial charge in [0, 0.05) is 6.61 Å². The minimum Gasteiger partial charge on any atom is -0.390 e. The predicted octanol–water partition coefficient (Wildman–Crippen LogP) is 3.44. The molecule has 0 bridgehead atoms. The first kappa shape index (κ1) is 13.7. The molecule has 1 rings (SSSR count). The van der Waals surface area contributed by atoms with Gasteiger partial charge in [0.1, 0.15) is 0 Å². The molecule has 0 radical (unpaired) electrons. The second-order valence-electron chi connectivity index (χ2n) is 5.07. The average molecular weight is 226 g/mol. The van der Waals surface area contributed by atoms with Crippen LogP contribution >= 0.6 is 0 Å². The Balaban J connectivity index is 2.56. The molecule has 0 aromatic carbocycles. The summed E-state index contributed by atoms with van der Waals surface area (Å²) in [6.45, 7) is 8.62. The summed E-state index contributed by atoms with van der Waals surface area (Å²) in [5.41, 5.74) is 0.879. The van der Waals surface area contributed by atoms with Gasteiger partial charge in [-0.05, 0) is 39.5 Å². The van der Waals surface area contributed by atoms with Gasteiger partial charge in [-0.2, -0.15) is 0 Å². The highest BCUT2D eigenvalue weighted by atomic mass is 16.5. The highest BCUT2D eigenvalue weighted by Gasteiger charge is 2.39. The zero-order valence-electron chi connectivity index (χ0n) is 10.8. The summed E-state index contributed by atoms with van der Waals surface area (Å²) in [6, 6.07) is 0. The normalized spacial score (nSPS) is 21.7. The lowest BCUT2D eigenvalue weighted by atomic mass is 9.78. The fourth-order valence-electron chi connectivity index (χ4n) is 2.66. The molecule has 1 atom stereocenters. The average Bonchev–Trinajstić information content (AvgIpc) is 2.27. The van der Waals surface area contributed by atoms with Crippen LogP contribution in [0.15, 0.2) is 12.2 Å². The third-order valence-corrected chi connectivity index (χ3v) is 3.58. The third kappa shape index (κ3) is 3.60. The molecule has 0 aromatic heterocycles. The van der Waals surface area contributed by atoms with Gasteiger partial charge in [0.25, 0.3) is 0 Å². The van der Waals surface area contributed by atoms with Crippen molar-refractivity contribution in [2.75, 3.05) is 6.61 Å². The van der Waals surface area contributed by atoms with Crippen molar-refractivity contribution < 1.29 is 9.84 Å². The minimum absolute atomic E-state index is 0.261. The molecular weight excluding hydrogens is 200 g/mol. The van der Waals surface area contributed by atoms with E-state index in [4.69, 9.17) is 4.74 Å². The smallest absolute Gasteiger partial charge is 0.0940 e. The number of aliphatic hydroxyl groups excluding tert-OH is 1. The zero-order chi connectivity index (χ0) is 12.0. The van der Waals surface area contributed by atoms with E-state index in [0.717, 1.165) is 31.3 Å². The highest BCUT2D eigenvalue weighted by molar-refractivity contribution is 4.95. The molecule has 0 aliphatic heterocycles. The zero-order valence-corrected chi connectivity index (χ0v) is 10.8. The molecule has 2 heteroatoms. The SMILES string of the molecule is C=C(C)CCC(O)C1(OCC)CCCCC1. The third-order valence-electron chi connectivity index (χ3n) is 3.58. The summed E-state index contributed by atoms with van der Waals surface area (Å²) in [5.74, 6) is 0. The van der Waals surface area contributed by atoms with Gasteiger partial charge in [0.05, 0.1) is 11.7 Å². The van der Waals surface area contributed by atoms with E-state index < -0.39 is 0 Å². The lowest BCUT2D eigenvalue weighted by Gasteiger charge is -2.41. The van der Waals surface area contributed by atoms with Crippen molar-refractivity contribution in [3.8, 4) is 0 Å². The van der Waals surface area contributed by atoms with E-state index in [1.54, 1.807) is 0 Å². The van der Waals surface area contributed by atoms with E-state index >= 15 is 0 Å². The first-order valence-corrected chi connectivity index (χ1v) is 6.57. The Morgan fingerprint density at radius 1 is 1.38 bits per heavy atom. The van der Waals surface area contributed by atoms with Crippen molar-refractivity contribution in [1.29, 1.82) is 0 Å². The number of rotatable bonds is 6. The van der Waals surface area contributed by atoms with E-state index in [1.807, 2.05) is 13.8 Å². The monoisotopic (exact) mass is 226 g/mol. The van der Waals surface area contributed by atoms with E-state index in [2.05, 4.69) is 6.58 Å². The maximum absolute atomic E-state index is 10.3. The highest BCUT2D eigenvalue weighted by Crippen LogP contribution is 2.36. The standard InChI is InChI=1S/C14H26O2/c1-4-16-14(10-6-5-7-11-14)13(15)9-8-12(2)3/h13,15H,2,4-11H2,1,3H3. The van der Waals surface area contributed by atoms with Crippen LogP contribution < -0.4 is 0 Å². The Labute approximate surface area is 99.7 Å². The van der Waals surface area contributed by atoms with Crippen LogP contribution in [-0.4, -0.2) is 23.4 Å². The van der Waals surface area contributed by atoms with Gasteiger partial charge in [-0.25, -0.2) is 0 Å². The van der Waals surface area contributed by atoms with Gasteiger partial charge < -0.3 is 9.84 Å². The maximum Gasteiger partial charge on any atom is 0.0940 e. The topological polar surface area (TPSA) is 29.5 Å². The minimum atomic E-state index is -0.329. The lowest BCUT2D eigenvalue weighted by Crippen LogP contribution is -2.46. The summed E-state index contributed by atoms with van der Waals surface area (Å²) < 4.78 is 5.88. The fourth-order valence-corrected chi connectivity index (χ4v) is 2.66. The predicted molar refractivity (Wildman–Crippen MR) is 67.5 cm³/mol. The Bertz CT molecular complexity index is 211. The van der Waals surface area contributed by atoms with Gasteiger partial charge in [0.2, 0.25) is 0 Å². The number of aliphatic hydroxyl groups is 1. The van der Waals surface area contributed by atoms with Crippen LogP contribution in [0.5, 0.6) is 0 Å². The number of hydrogen-bond acceptors (Lipinski definition) is 2. The molecule has 94 valence electrons. The fraction of sp³-hybridized carbons (Fsp3) is 0.857. The van der Waals surface area contributed by atoms with Crippen LogP contribution in [0, 0.1) is 0 Å². The molecule has 2 nitrogen and oxygen atoms in total. The molecule has 1 aliphatic carbocycles. The summed E-state index contributed by atoms with van der Waals surface area (Å²) in [4.78, 5) is 0. The summed E-state index contributed by atoms with van der Waals surface area (Å²) >= 11 is 0. The van der Waals surface area contributed by atoms with Crippen molar-refractivity contribution >= 4 is 0 Å². The quantitative estimate of drug-likeness (QED) is 0.703. The van der Waals surface area contributed by atoms with Gasteiger partial charge in [-0.15, -0.1) is 6.58 Å². The molecular formula is C14H26O2. The molecule has 0 amide bonds. The number of allylic oxidation sites excluding steroid dienone is 1. The molecule has 1 unspecified atom stereocenters. The Morgan fingerprint density at radius 2 is 2.00 bits per heavy atom. The van der Waals surface area contributed by atoms with Gasteiger partial charge >= 0.3 is 0 Å². The summed E-state index contributed by atoms with van der Waals surface area (Å²) in [6.07, 6.45) is 7.03. The summed E-state index contributed by atoms with van der Waals surface area (Å²) in [7, 11) is 0. The van der Waals surface area contributed by atoms with Gasteiger partial charge in [0.15, 0.2) is 0 Å². The van der Waals surface area contributed by atoms with E-state index in [0.29, 0.717) is 6.61 Å². The molecule has 0 aromatic rings. The van der Waals surface area contributed by atoms with E-state index in [1.165, 1.54) is 19.3 Å². The van der Waals surface area contributed by atoms with E-state index in [9.17, 15) is 5.11 Å². The van der Waals surface area contributed by atoms with Crippen molar-refractivity contribution in [3.63, 3.8) is 0 Å². The molecule has 0 spiro atoms. The molecule has 1 aliphatic rings. The largest absolute Gasteiger partial charge is 0.390 e. The van der Waals surface area contributed by atoms with Gasteiger partial charge in [-0.3, -0.25) is 0 Å². The first-order chi connectivity index (χ1) is 7.60. The van der Waals surface area contributed by atoms with Crippen LogP contribution in [0.2, 0.25) is 0 Å². The molecule has 1 saturated carbocycles. The first-order valence-electron chi connectivity index (χ1n) is 6.57. The van der Waals surface area contributed by atoms with Crippen LogP contribution in [0.25, 0.3) is 0 Å². The van der Waals surface area contributed by atoms with Crippen molar-refractivity contribution in [3.05, 3.63) is 12.2 Å². The lowest BCUT2D eigenvalue weighted by molar-refractivity contribution is -0.141.